The lowest BCUT2D eigenvalue weighted by Gasteiger charge is -2.12. The van der Waals surface area contributed by atoms with Crippen LogP contribution in [0.4, 0.5) is 0 Å². The number of carbonyl (C=O) groups excluding carboxylic acids is 1. The molecule has 1 amide bonds. The molecule has 0 aliphatic carbocycles. The molecule has 1 unspecified atom stereocenters. The van der Waals surface area contributed by atoms with Crippen molar-refractivity contribution in [3.05, 3.63) is 36.1 Å². The Labute approximate surface area is 114 Å². The molecule has 2 aromatic rings. The number of para-hydroxylation sites is 1. The molecule has 1 heterocycles. The minimum atomic E-state index is -0.0907. The summed E-state index contributed by atoms with van der Waals surface area (Å²) in [5, 5.41) is 4.05. The van der Waals surface area contributed by atoms with Gasteiger partial charge in [-0.2, -0.15) is 0 Å². The number of hydrogen-bond acceptors (Lipinski definition) is 2. The van der Waals surface area contributed by atoms with Gasteiger partial charge in [-0.1, -0.05) is 32.0 Å². The van der Waals surface area contributed by atoms with Gasteiger partial charge in [-0.05, 0) is 31.4 Å². The van der Waals surface area contributed by atoms with E-state index >= 15 is 0 Å². The molecule has 0 aliphatic rings. The number of nitrogens with one attached hydrogen (secondary N) is 1. The minimum Gasteiger partial charge on any atom is -0.459 e. The molecule has 0 bridgehead atoms. The zero-order chi connectivity index (χ0) is 13.8. The van der Waals surface area contributed by atoms with Crippen LogP contribution in [-0.4, -0.2) is 5.91 Å². The van der Waals surface area contributed by atoms with Crippen molar-refractivity contribution >= 4 is 16.9 Å². The summed E-state index contributed by atoms with van der Waals surface area (Å²) < 4.78 is 5.74. The van der Waals surface area contributed by atoms with Gasteiger partial charge in [-0.25, -0.2) is 0 Å². The van der Waals surface area contributed by atoms with Gasteiger partial charge >= 0.3 is 0 Å². The highest BCUT2D eigenvalue weighted by Crippen LogP contribution is 2.23. The van der Waals surface area contributed by atoms with E-state index in [4.69, 9.17) is 4.42 Å². The molecule has 0 fully saturated rings. The van der Waals surface area contributed by atoms with Crippen molar-refractivity contribution in [2.24, 2.45) is 5.92 Å². The van der Waals surface area contributed by atoms with Crippen LogP contribution in [0.1, 0.15) is 45.4 Å². The summed E-state index contributed by atoms with van der Waals surface area (Å²) in [6, 6.07) is 9.77. The first-order valence-electron chi connectivity index (χ1n) is 6.84. The normalized spacial score (nSPS) is 12.8. The summed E-state index contributed by atoms with van der Waals surface area (Å²) in [4.78, 5) is 11.8. The summed E-state index contributed by atoms with van der Waals surface area (Å²) >= 11 is 0. The Hall–Kier alpha value is -1.77. The van der Waals surface area contributed by atoms with E-state index in [9.17, 15) is 4.79 Å². The van der Waals surface area contributed by atoms with Crippen LogP contribution >= 0.6 is 0 Å². The van der Waals surface area contributed by atoms with E-state index in [1.54, 1.807) is 0 Å². The maximum atomic E-state index is 11.8. The molecule has 3 nitrogen and oxygen atoms in total. The summed E-state index contributed by atoms with van der Waals surface area (Å²) in [7, 11) is 0. The monoisotopic (exact) mass is 259 g/mol. The van der Waals surface area contributed by atoms with Gasteiger partial charge in [0.1, 0.15) is 11.3 Å². The molecule has 0 saturated carbocycles. The standard InChI is InChI=1S/C16H21NO2/c1-11(2)8-9-16(18)17-12(3)15-10-13-6-4-5-7-14(13)19-15/h4-7,10-12H,8-9H2,1-3H3,(H,17,18). The molecule has 1 N–H and O–H groups in total. The van der Waals surface area contributed by atoms with Crippen LogP contribution in [0.5, 0.6) is 0 Å². The molecule has 0 spiro atoms. The molecule has 0 saturated heterocycles. The Kier molecular flexibility index (Phi) is 4.25. The Morgan fingerprint density at radius 1 is 1.26 bits per heavy atom. The number of rotatable bonds is 5. The highest BCUT2D eigenvalue weighted by atomic mass is 16.3. The summed E-state index contributed by atoms with van der Waals surface area (Å²) in [6.45, 7) is 6.19. The summed E-state index contributed by atoms with van der Waals surface area (Å²) in [5.41, 5.74) is 0.862. The number of fused-ring (bicyclic) bond motifs is 1. The van der Waals surface area contributed by atoms with E-state index in [0.29, 0.717) is 12.3 Å². The summed E-state index contributed by atoms with van der Waals surface area (Å²) in [6.07, 6.45) is 1.49. The van der Waals surface area contributed by atoms with Crippen molar-refractivity contribution in [1.29, 1.82) is 0 Å². The van der Waals surface area contributed by atoms with Crippen molar-refractivity contribution in [3.8, 4) is 0 Å². The van der Waals surface area contributed by atoms with Crippen LogP contribution in [-0.2, 0) is 4.79 Å². The largest absolute Gasteiger partial charge is 0.459 e. The average Bonchev–Trinajstić information content (AvgIpc) is 2.80. The van der Waals surface area contributed by atoms with Gasteiger partial charge < -0.3 is 9.73 Å². The number of hydrogen-bond donors (Lipinski definition) is 1. The fourth-order valence-electron chi connectivity index (χ4n) is 2.02. The Balaban J connectivity index is 1.99. The SMILES string of the molecule is CC(C)CCC(=O)NC(C)c1cc2ccccc2o1. The second kappa shape index (κ2) is 5.91. The second-order valence-corrected chi connectivity index (χ2v) is 5.41. The van der Waals surface area contributed by atoms with E-state index < -0.39 is 0 Å². The van der Waals surface area contributed by atoms with E-state index in [-0.39, 0.29) is 11.9 Å². The van der Waals surface area contributed by atoms with Gasteiger partial charge in [0.05, 0.1) is 6.04 Å². The van der Waals surface area contributed by atoms with Crippen molar-refractivity contribution in [2.45, 2.75) is 39.7 Å². The first-order chi connectivity index (χ1) is 9.06. The van der Waals surface area contributed by atoms with Gasteiger partial charge in [0.25, 0.3) is 0 Å². The van der Waals surface area contributed by atoms with Crippen LogP contribution in [0, 0.1) is 5.92 Å². The van der Waals surface area contributed by atoms with E-state index in [1.807, 2.05) is 37.3 Å². The lowest BCUT2D eigenvalue weighted by atomic mass is 10.1. The molecule has 0 radical (unpaired) electrons. The van der Waals surface area contributed by atoms with Gasteiger partial charge in [0.15, 0.2) is 0 Å². The first kappa shape index (κ1) is 13.7. The molecule has 3 heteroatoms. The Morgan fingerprint density at radius 2 is 2.00 bits per heavy atom. The van der Waals surface area contributed by atoms with Crippen molar-refractivity contribution in [1.82, 2.24) is 5.32 Å². The highest BCUT2D eigenvalue weighted by Gasteiger charge is 2.14. The van der Waals surface area contributed by atoms with Gasteiger partial charge in [-0.15, -0.1) is 0 Å². The maximum Gasteiger partial charge on any atom is 0.220 e. The van der Waals surface area contributed by atoms with Crippen LogP contribution in [0.15, 0.2) is 34.7 Å². The Bertz CT molecular complexity index is 524. The third kappa shape index (κ3) is 3.60. The third-order valence-electron chi connectivity index (χ3n) is 3.20. The summed E-state index contributed by atoms with van der Waals surface area (Å²) in [5.74, 6) is 1.44. The second-order valence-electron chi connectivity index (χ2n) is 5.41. The van der Waals surface area contributed by atoms with Gasteiger partial charge in [0, 0.05) is 11.8 Å². The molecule has 19 heavy (non-hydrogen) atoms. The molecule has 1 aromatic heterocycles. The van der Waals surface area contributed by atoms with Crippen LogP contribution in [0.2, 0.25) is 0 Å². The van der Waals surface area contributed by atoms with Crippen LogP contribution in [0.25, 0.3) is 11.0 Å². The molecule has 2 rings (SSSR count). The van der Waals surface area contributed by atoms with Crippen molar-refractivity contribution < 1.29 is 9.21 Å². The number of carbonyl (C=O) groups is 1. The van der Waals surface area contributed by atoms with Crippen molar-refractivity contribution in [2.75, 3.05) is 0 Å². The molecule has 102 valence electrons. The van der Waals surface area contributed by atoms with Crippen LogP contribution < -0.4 is 5.32 Å². The van der Waals surface area contributed by atoms with Gasteiger partial charge in [0.2, 0.25) is 5.91 Å². The maximum absolute atomic E-state index is 11.8. The zero-order valence-corrected chi connectivity index (χ0v) is 11.8. The van der Waals surface area contributed by atoms with Gasteiger partial charge in [-0.3, -0.25) is 4.79 Å². The van der Waals surface area contributed by atoms with E-state index in [1.165, 1.54) is 0 Å². The molecular weight excluding hydrogens is 238 g/mol. The number of benzene rings is 1. The molecule has 0 aliphatic heterocycles. The van der Waals surface area contributed by atoms with Crippen molar-refractivity contribution in [3.63, 3.8) is 0 Å². The molecule has 1 aromatic carbocycles. The van der Waals surface area contributed by atoms with E-state index in [0.717, 1.165) is 23.2 Å². The molecular formula is C16H21NO2. The van der Waals surface area contributed by atoms with E-state index in [2.05, 4.69) is 19.2 Å². The molecule has 1 atom stereocenters. The zero-order valence-electron chi connectivity index (χ0n) is 11.8. The minimum absolute atomic E-state index is 0.0849. The topological polar surface area (TPSA) is 42.2 Å². The average molecular weight is 259 g/mol. The first-order valence-corrected chi connectivity index (χ1v) is 6.84. The lowest BCUT2D eigenvalue weighted by Crippen LogP contribution is -2.26. The number of furan rings is 1. The predicted octanol–water partition coefficient (Wildman–Crippen LogP) is 4.05. The smallest absolute Gasteiger partial charge is 0.220 e. The third-order valence-corrected chi connectivity index (χ3v) is 3.20. The quantitative estimate of drug-likeness (QED) is 0.880. The fourth-order valence-corrected chi connectivity index (χ4v) is 2.02. The predicted molar refractivity (Wildman–Crippen MR) is 76.8 cm³/mol. The lowest BCUT2D eigenvalue weighted by molar-refractivity contribution is -0.122. The fraction of sp³-hybridized carbons (Fsp3) is 0.438. The highest BCUT2D eigenvalue weighted by molar-refractivity contribution is 5.79. The number of amides is 1. The Morgan fingerprint density at radius 3 is 2.68 bits per heavy atom. The van der Waals surface area contributed by atoms with Crippen LogP contribution in [0.3, 0.4) is 0 Å².